The van der Waals surface area contributed by atoms with E-state index in [1.807, 2.05) is 6.07 Å². The third kappa shape index (κ3) is 1.61. The normalized spacial score (nSPS) is 28.2. The second-order valence-corrected chi connectivity index (χ2v) is 4.76. The van der Waals surface area contributed by atoms with Crippen LogP contribution in [-0.2, 0) is 0 Å². The van der Waals surface area contributed by atoms with Crippen molar-refractivity contribution in [3.05, 3.63) is 12.4 Å². The van der Waals surface area contributed by atoms with Gasteiger partial charge in [-0.1, -0.05) is 6.42 Å². The quantitative estimate of drug-likeness (QED) is 0.573. The Morgan fingerprint density at radius 1 is 1.25 bits per heavy atom. The van der Waals surface area contributed by atoms with Crippen molar-refractivity contribution in [2.24, 2.45) is 17.7 Å². The van der Waals surface area contributed by atoms with Crippen molar-refractivity contribution in [1.82, 2.24) is 9.97 Å². The maximum atomic E-state index is 5.35. The number of hydrazine groups is 1. The van der Waals surface area contributed by atoms with E-state index in [4.69, 9.17) is 5.84 Å². The van der Waals surface area contributed by atoms with E-state index >= 15 is 0 Å². The Labute approximate surface area is 95.0 Å². The number of nitrogens with zero attached hydrogens (tertiary/aromatic N) is 3. The van der Waals surface area contributed by atoms with Gasteiger partial charge in [0.2, 0.25) is 0 Å². The van der Waals surface area contributed by atoms with Crippen LogP contribution in [0.25, 0.3) is 0 Å². The molecule has 1 aromatic heterocycles. The molecule has 1 aliphatic carbocycles. The summed E-state index contributed by atoms with van der Waals surface area (Å²) in [5.41, 5.74) is 2.56. The molecule has 3 rings (SSSR count). The van der Waals surface area contributed by atoms with Crippen LogP contribution in [0.2, 0.25) is 0 Å². The summed E-state index contributed by atoms with van der Waals surface area (Å²) in [6, 6.07) is 1.92. The average molecular weight is 219 g/mol. The number of fused-ring (bicyclic) bond motifs is 1. The van der Waals surface area contributed by atoms with Crippen molar-refractivity contribution < 1.29 is 0 Å². The fourth-order valence-electron chi connectivity index (χ4n) is 3.02. The van der Waals surface area contributed by atoms with E-state index in [0.29, 0.717) is 5.82 Å². The van der Waals surface area contributed by atoms with Crippen molar-refractivity contribution in [3.63, 3.8) is 0 Å². The molecule has 0 aromatic carbocycles. The summed E-state index contributed by atoms with van der Waals surface area (Å²) in [7, 11) is 0. The number of anilines is 2. The number of rotatable bonds is 2. The van der Waals surface area contributed by atoms with Gasteiger partial charge in [-0.25, -0.2) is 15.8 Å². The predicted octanol–water partition coefficient (Wildman–Crippen LogP) is 0.998. The van der Waals surface area contributed by atoms with E-state index < -0.39 is 0 Å². The lowest BCUT2D eigenvalue weighted by Crippen LogP contribution is -2.22. The summed E-state index contributed by atoms with van der Waals surface area (Å²) in [6.45, 7) is 2.29. The molecule has 2 aliphatic rings. The Morgan fingerprint density at radius 2 is 2.00 bits per heavy atom. The molecule has 0 amide bonds. The highest BCUT2D eigenvalue weighted by molar-refractivity contribution is 5.48. The van der Waals surface area contributed by atoms with Gasteiger partial charge in [-0.3, -0.25) is 0 Å². The van der Waals surface area contributed by atoms with E-state index in [1.165, 1.54) is 19.3 Å². The maximum Gasteiger partial charge on any atom is 0.145 e. The topological polar surface area (TPSA) is 67.1 Å². The van der Waals surface area contributed by atoms with Crippen LogP contribution in [0.3, 0.4) is 0 Å². The lowest BCUT2D eigenvalue weighted by molar-refractivity contribution is 0.494. The fraction of sp³-hybridized carbons (Fsp3) is 0.636. The van der Waals surface area contributed by atoms with Crippen LogP contribution in [0.4, 0.5) is 11.6 Å². The van der Waals surface area contributed by atoms with Crippen LogP contribution in [0.1, 0.15) is 19.3 Å². The van der Waals surface area contributed by atoms with Gasteiger partial charge in [0.25, 0.3) is 0 Å². The molecule has 1 aromatic rings. The Bertz CT molecular complexity index is 368. The SMILES string of the molecule is NNc1cc(N2CC3CCCC3C2)ncn1. The maximum absolute atomic E-state index is 5.35. The molecule has 1 saturated heterocycles. The van der Waals surface area contributed by atoms with Gasteiger partial charge in [-0.05, 0) is 24.7 Å². The van der Waals surface area contributed by atoms with Gasteiger partial charge in [0.15, 0.2) is 0 Å². The zero-order valence-corrected chi connectivity index (χ0v) is 9.26. The van der Waals surface area contributed by atoms with Crippen LogP contribution in [0.5, 0.6) is 0 Å². The molecule has 0 radical (unpaired) electrons. The molecule has 2 heterocycles. The largest absolute Gasteiger partial charge is 0.356 e. The highest BCUT2D eigenvalue weighted by atomic mass is 15.3. The summed E-state index contributed by atoms with van der Waals surface area (Å²) in [4.78, 5) is 10.7. The number of hydrogen-bond acceptors (Lipinski definition) is 5. The van der Waals surface area contributed by atoms with Crippen LogP contribution in [-0.4, -0.2) is 23.1 Å². The number of hydrogen-bond donors (Lipinski definition) is 2. The Balaban J connectivity index is 1.78. The van der Waals surface area contributed by atoms with Crippen LogP contribution in [0.15, 0.2) is 12.4 Å². The van der Waals surface area contributed by atoms with E-state index in [2.05, 4.69) is 20.3 Å². The number of nitrogen functional groups attached to an aromatic ring is 1. The first kappa shape index (κ1) is 9.84. The second kappa shape index (κ2) is 3.90. The molecule has 2 unspecified atom stereocenters. The van der Waals surface area contributed by atoms with Gasteiger partial charge in [-0.15, -0.1) is 0 Å². The number of aromatic nitrogens is 2. The van der Waals surface area contributed by atoms with Crippen molar-refractivity contribution in [3.8, 4) is 0 Å². The molecule has 1 aliphatic heterocycles. The van der Waals surface area contributed by atoms with Crippen molar-refractivity contribution >= 4 is 11.6 Å². The second-order valence-electron chi connectivity index (χ2n) is 4.76. The molecule has 3 N–H and O–H groups in total. The number of nitrogens with two attached hydrogens (primary N) is 1. The smallest absolute Gasteiger partial charge is 0.145 e. The van der Waals surface area contributed by atoms with Gasteiger partial charge >= 0.3 is 0 Å². The Kier molecular flexibility index (Phi) is 2.40. The molecule has 86 valence electrons. The Morgan fingerprint density at radius 3 is 2.69 bits per heavy atom. The van der Waals surface area contributed by atoms with Gasteiger partial charge in [-0.2, -0.15) is 0 Å². The van der Waals surface area contributed by atoms with E-state index in [1.54, 1.807) is 6.33 Å². The summed E-state index contributed by atoms with van der Waals surface area (Å²) in [5.74, 6) is 8.79. The third-order valence-corrected chi connectivity index (χ3v) is 3.85. The minimum atomic E-state index is 0.682. The molecule has 5 nitrogen and oxygen atoms in total. The molecule has 2 atom stereocenters. The summed E-state index contributed by atoms with van der Waals surface area (Å²) in [6.07, 6.45) is 5.74. The minimum absolute atomic E-state index is 0.682. The van der Waals surface area contributed by atoms with Crippen molar-refractivity contribution in [2.75, 3.05) is 23.4 Å². The monoisotopic (exact) mass is 219 g/mol. The van der Waals surface area contributed by atoms with Crippen LogP contribution >= 0.6 is 0 Å². The lowest BCUT2D eigenvalue weighted by atomic mass is 10.0. The van der Waals surface area contributed by atoms with E-state index in [9.17, 15) is 0 Å². The molecular weight excluding hydrogens is 202 g/mol. The van der Waals surface area contributed by atoms with Gasteiger partial charge in [0.1, 0.15) is 18.0 Å². The first-order valence-corrected chi connectivity index (χ1v) is 5.90. The zero-order chi connectivity index (χ0) is 11.0. The van der Waals surface area contributed by atoms with Gasteiger partial charge in [0.05, 0.1) is 0 Å². The Hall–Kier alpha value is -1.36. The highest BCUT2D eigenvalue weighted by Gasteiger charge is 2.36. The molecular formula is C11H17N5. The molecule has 1 saturated carbocycles. The molecule has 0 bridgehead atoms. The molecule has 5 heteroatoms. The highest BCUT2D eigenvalue weighted by Crippen LogP contribution is 2.39. The van der Waals surface area contributed by atoms with E-state index in [0.717, 1.165) is 30.7 Å². The first-order valence-electron chi connectivity index (χ1n) is 5.90. The van der Waals surface area contributed by atoms with E-state index in [-0.39, 0.29) is 0 Å². The summed E-state index contributed by atoms with van der Waals surface area (Å²) in [5, 5.41) is 0. The molecule has 2 fully saturated rings. The zero-order valence-electron chi connectivity index (χ0n) is 9.26. The summed E-state index contributed by atoms with van der Waals surface area (Å²) < 4.78 is 0. The first-order chi connectivity index (χ1) is 7.86. The molecule has 16 heavy (non-hydrogen) atoms. The fourth-order valence-corrected chi connectivity index (χ4v) is 3.02. The lowest BCUT2D eigenvalue weighted by Gasteiger charge is -2.18. The standard InChI is InChI=1S/C11H17N5/c12-15-10-4-11(14-7-13-10)16-5-8-2-1-3-9(8)6-16/h4,7-9H,1-3,5-6,12H2,(H,13,14,15). The minimum Gasteiger partial charge on any atom is -0.356 e. The predicted molar refractivity (Wildman–Crippen MR) is 62.9 cm³/mol. The molecule has 0 spiro atoms. The van der Waals surface area contributed by atoms with Gasteiger partial charge in [0, 0.05) is 19.2 Å². The van der Waals surface area contributed by atoms with Gasteiger partial charge < -0.3 is 10.3 Å². The number of nitrogens with one attached hydrogen (secondary N) is 1. The average Bonchev–Trinajstić information content (AvgIpc) is 2.89. The van der Waals surface area contributed by atoms with Crippen LogP contribution in [0, 0.1) is 11.8 Å². The summed E-state index contributed by atoms with van der Waals surface area (Å²) >= 11 is 0. The van der Waals surface area contributed by atoms with Crippen molar-refractivity contribution in [1.29, 1.82) is 0 Å². The van der Waals surface area contributed by atoms with Crippen molar-refractivity contribution in [2.45, 2.75) is 19.3 Å². The third-order valence-electron chi connectivity index (χ3n) is 3.85. The van der Waals surface area contributed by atoms with Crippen LogP contribution < -0.4 is 16.2 Å².